The predicted molar refractivity (Wildman–Crippen MR) is 115 cm³/mol. The minimum atomic E-state index is -0.0112. The number of amides is 1. The summed E-state index contributed by atoms with van der Waals surface area (Å²) in [7, 11) is 3.20. The lowest BCUT2D eigenvalue weighted by Gasteiger charge is -2.14. The fourth-order valence-corrected chi connectivity index (χ4v) is 3.84. The molecule has 0 bridgehead atoms. The van der Waals surface area contributed by atoms with E-state index in [0.29, 0.717) is 22.9 Å². The molecule has 2 aromatic rings. The van der Waals surface area contributed by atoms with E-state index in [2.05, 4.69) is 6.92 Å². The molecular formula is C22H24N2O3S. The van der Waals surface area contributed by atoms with E-state index in [9.17, 15) is 4.79 Å². The molecule has 5 nitrogen and oxygen atoms in total. The Bertz CT molecular complexity index is 894. The number of methoxy groups -OCH3 is 2. The van der Waals surface area contributed by atoms with Crippen LogP contribution in [-0.4, -0.2) is 36.7 Å². The van der Waals surface area contributed by atoms with Crippen LogP contribution < -0.4 is 9.47 Å². The summed E-state index contributed by atoms with van der Waals surface area (Å²) in [5, 5.41) is 0.719. The van der Waals surface area contributed by atoms with Crippen LogP contribution in [0.1, 0.15) is 25.3 Å². The van der Waals surface area contributed by atoms with Crippen molar-refractivity contribution >= 4 is 34.6 Å². The fourth-order valence-electron chi connectivity index (χ4n) is 2.81. The first kappa shape index (κ1) is 20.0. The summed E-state index contributed by atoms with van der Waals surface area (Å²) in [6.07, 6.45) is 3.83. The fraction of sp³-hybridized carbons (Fsp3) is 0.273. The third kappa shape index (κ3) is 4.57. The molecule has 28 heavy (non-hydrogen) atoms. The van der Waals surface area contributed by atoms with Crippen LogP contribution >= 0.6 is 11.8 Å². The number of thioether (sulfide) groups is 1. The first-order valence-electron chi connectivity index (χ1n) is 9.23. The molecule has 1 heterocycles. The molecule has 1 saturated heterocycles. The van der Waals surface area contributed by atoms with Gasteiger partial charge in [0.05, 0.1) is 24.8 Å². The second-order valence-electron chi connectivity index (χ2n) is 6.27. The molecule has 0 unspecified atom stereocenters. The summed E-state index contributed by atoms with van der Waals surface area (Å²) < 4.78 is 10.6. The van der Waals surface area contributed by atoms with E-state index in [-0.39, 0.29) is 5.91 Å². The van der Waals surface area contributed by atoms with Gasteiger partial charge in [-0.15, -0.1) is 0 Å². The second-order valence-corrected chi connectivity index (χ2v) is 7.27. The van der Waals surface area contributed by atoms with Gasteiger partial charge in [-0.25, -0.2) is 4.99 Å². The smallest absolute Gasteiger partial charge is 0.266 e. The number of hydrogen-bond donors (Lipinski definition) is 0. The first-order chi connectivity index (χ1) is 13.7. The van der Waals surface area contributed by atoms with Crippen LogP contribution in [0.15, 0.2) is 58.4 Å². The van der Waals surface area contributed by atoms with Crippen LogP contribution in [0, 0.1) is 0 Å². The molecule has 3 rings (SSSR count). The Kier molecular flexibility index (Phi) is 6.76. The lowest BCUT2D eigenvalue weighted by molar-refractivity contribution is -0.122. The Morgan fingerprint density at radius 3 is 2.50 bits per heavy atom. The maximum Gasteiger partial charge on any atom is 0.266 e. The quantitative estimate of drug-likeness (QED) is 0.611. The van der Waals surface area contributed by atoms with Crippen molar-refractivity contribution in [2.45, 2.75) is 19.8 Å². The molecular weight excluding hydrogens is 372 g/mol. The van der Waals surface area contributed by atoms with Crippen molar-refractivity contribution in [3.05, 3.63) is 59.0 Å². The van der Waals surface area contributed by atoms with E-state index < -0.39 is 0 Å². The monoisotopic (exact) mass is 396 g/mol. The molecule has 1 aliphatic heterocycles. The number of para-hydroxylation sites is 1. The van der Waals surface area contributed by atoms with Gasteiger partial charge in [0.15, 0.2) is 16.7 Å². The van der Waals surface area contributed by atoms with E-state index in [1.54, 1.807) is 19.1 Å². The molecule has 0 saturated carbocycles. The van der Waals surface area contributed by atoms with Crippen molar-refractivity contribution in [2.75, 3.05) is 20.8 Å². The molecule has 0 aromatic heterocycles. The summed E-state index contributed by atoms with van der Waals surface area (Å²) in [6, 6.07) is 15.3. The van der Waals surface area contributed by atoms with Gasteiger partial charge in [0, 0.05) is 6.54 Å². The van der Waals surface area contributed by atoms with Crippen molar-refractivity contribution in [2.24, 2.45) is 4.99 Å². The van der Waals surface area contributed by atoms with E-state index in [0.717, 1.165) is 29.3 Å². The highest BCUT2D eigenvalue weighted by atomic mass is 32.2. The molecule has 0 spiro atoms. The molecule has 146 valence electrons. The maximum atomic E-state index is 13.0. The van der Waals surface area contributed by atoms with Gasteiger partial charge in [0.25, 0.3) is 5.91 Å². The van der Waals surface area contributed by atoms with E-state index in [4.69, 9.17) is 14.5 Å². The minimum absolute atomic E-state index is 0.0112. The van der Waals surface area contributed by atoms with Crippen LogP contribution in [0.5, 0.6) is 11.5 Å². The highest BCUT2D eigenvalue weighted by Gasteiger charge is 2.32. The number of nitrogens with zero attached hydrogens (tertiary/aromatic N) is 2. The molecule has 1 aliphatic rings. The lowest BCUT2D eigenvalue weighted by atomic mass is 10.2. The first-order valence-corrected chi connectivity index (χ1v) is 10.0. The summed E-state index contributed by atoms with van der Waals surface area (Å²) in [4.78, 5) is 20.1. The van der Waals surface area contributed by atoms with Gasteiger partial charge in [-0.3, -0.25) is 9.69 Å². The Morgan fingerprint density at radius 1 is 1.07 bits per heavy atom. The molecule has 0 N–H and O–H groups in total. The number of hydrogen-bond acceptors (Lipinski definition) is 5. The van der Waals surface area contributed by atoms with Crippen molar-refractivity contribution in [3.8, 4) is 11.5 Å². The Morgan fingerprint density at radius 2 is 1.82 bits per heavy atom. The Labute approximate surface area is 170 Å². The van der Waals surface area contributed by atoms with Gasteiger partial charge >= 0.3 is 0 Å². The summed E-state index contributed by atoms with van der Waals surface area (Å²) >= 11 is 1.41. The van der Waals surface area contributed by atoms with Gasteiger partial charge in [-0.2, -0.15) is 0 Å². The Balaban J connectivity index is 1.93. The van der Waals surface area contributed by atoms with Crippen molar-refractivity contribution in [3.63, 3.8) is 0 Å². The molecule has 1 fully saturated rings. The van der Waals surface area contributed by atoms with Crippen LogP contribution in [0.2, 0.25) is 0 Å². The number of amidine groups is 1. The minimum Gasteiger partial charge on any atom is -0.493 e. The zero-order chi connectivity index (χ0) is 19.9. The largest absolute Gasteiger partial charge is 0.493 e. The number of benzene rings is 2. The third-order valence-corrected chi connectivity index (χ3v) is 5.32. The predicted octanol–water partition coefficient (Wildman–Crippen LogP) is 5.11. The molecule has 0 atom stereocenters. The van der Waals surface area contributed by atoms with Gasteiger partial charge in [-0.05, 0) is 54.1 Å². The molecule has 2 aromatic carbocycles. The number of aliphatic imine (C=N–C) groups is 1. The van der Waals surface area contributed by atoms with E-state index in [1.165, 1.54) is 11.8 Å². The zero-order valence-electron chi connectivity index (χ0n) is 16.3. The number of rotatable bonds is 7. The van der Waals surface area contributed by atoms with Crippen LogP contribution in [0.4, 0.5) is 5.69 Å². The van der Waals surface area contributed by atoms with Gasteiger partial charge < -0.3 is 9.47 Å². The van der Waals surface area contributed by atoms with Crippen molar-refractivity contribution in [1.82, 2.24) is 4.90 Å². The maximum absolute atomic E-state index is 13.0. The van der Waals surface area contributed by atoms with Gasteiger partial charge in [0.1, 0.15) is 0 Å². The average Bonchev–Trinajstić information content (AvgIpc) is 3.01. The van der Waals surface area contributed by atoms with Gasteiger partial charge in [0.2, 0.25) is 0 Å². The van der Waals surface area contributed by atoms with E-state index in [1.807, 2.05) is 54.6 Å². The van der Waals surface area contributed by atoms with Crippen LogP contribution in [-0.2, 0) is 4.79 Å². The van der Waals surface area contributed by atoms with Crippen molar-refractivity contribution < 1.29 is 14.3 Å². The summed E-state index contributed by atoms with van der Waals surface area (Å²) in [5.41, 5.74) is 1.72. The van der Waals surface area contributed by atoms with E-state index >= 15 is 0 Å². The standard InChI is InChI=1S/C22H24N2O3S/c1-4-5-13-24-21(25)20(28-22(24)23-17-9-7-6-8-10-17)15-16-11-12-18(26-2)19(14-16)27-3/h6-12,14-15H,4-5,13H2,1-3H3. The average molecular weight is 397 g/mol. The highest BCUT2D eigenvalue weighted by Crippen LogP contribution is 2.36. The SMILES string of the molecule is CCCCN1C(=O)C(=Cc2ccc(OC)c(OC)c2)SC1=Nc1ccccc1. The topological polar surface area (TPSA) is 51.1 Å². The van der Waals surface area contributed by atoms with Crippen molar-refractivity contribution in [1.29, 1.82) is 0 Å². The number of ether oxygens (including phenoxy) is 2. The van der Waals surface area contributed by atoms with Gasteiger partial charge in [-0.1, -0.05) is 37.6 Å². The van der Waals surface area contributed by atoms with Crippen LogP contribution in [0.25, 0.3) is 6.08 Å². The summed E-state index contributed by atoms with van der Waals surface area (Å²) in [6.45, 7) is 2.78. The normalized spacial score (nSPS) is 16.8. The molecule has 1 amide bonds. The molecule has 0 aliphatic carbocycles. The second kappa shape index (κ2) is 9.46. The zero-order valence-corrected chi connectivity index (χ0v) is 17.2. The summed E-state index contributed by atoms with van der Waals surface area (Å²) in [5.74, 6) is 1.28. The molecule has 0 radical (unpaired) electrons. The third-order valence-electron chi connectivity index (χ3n) is 4.31. The van der Waals surface area contributed by atoms with Crippen LogP contribution in [0.3, 0.4) is 0 Å². The Hall–Kier alpha value is -2.73. The number of unbranched alkanes of at least 4 members (excludes halogenated alkanes) is 1. The lowest BCUT2D eigenvalue weighted by Crippen LogP contribution is -2.30. The number of carbonyl (C=O) groups is 1. The highest BCUT2D eigenvalue weighted by molar-refractivity contribution is 8.18. The molecule has 6 heteroatoms. The number of carbonyl (C=O) groups excluding carboxylic acids is 1.